The Bertz CT molecular complexity index is 125. The van der Waals surface area contributed by atoms with Crippen molar-refractivity contribution in [2.24, 2.45) is 5.16 Å². The van der Waals surface area contributed by atoms with Gasteiger partial charge in [0.1, 0.15) is 0 Å². The SMILES string of the molecule is CCCCCC(CCCCC)=NO.[Na+]. The summed E-state index contributed by atoms with van der Waals surface area (Å²) in [6.45, 7) is 4.37. The average Bonchev–Trinajstić information content (AvgIpc) is 2.16. The van der Waals surface area contributed by atoms with Crippen molar-refractivity contribution in [3.63, 3.8) is 0 Å². The van der Waals surface area contributed by atoms with Crippen molar-refractivity contribution >= 4 is 5.71 Å². The molecule has 0 spiro atoms. The second-order valence-corrected chi connectivity index (χ2v) is 3.58. The first-order valence-corrected chi connectivity index (χ1v) is 5.54. The van der Waals surface area contributed by atoms with Gasteiger partial charge in [0.15, 0.2) is 0 Å². The molecule has 0 unspecified atom stereocenters. The minimum absolute atomic E-state index is 0. The summed E-state index contributed by atoms with van der Waals surface area (Å²) in [5, 5.41) is 12.1. The molecule has 1 N–H and O–H groups in total. The number of rotatable bonds is 8. The van der Waals surface area contributed by atoms with Crippen LogP contribution in [0, 0.1) is 0 Å². The zero-order chi connectivity index (χ0) is 9.94. The van der Waals surface area contributed by atoms with Crippen LogP contribution in [0.5, 0.6) is 0 Å². The molecule has 0 aliphatic rings. The van der Waals surface area contributed by atoms with Crippen LogP contribution in [0.2, 0.25) is 0 Å². The third kappa shape index (κ3) is 10.6. The second kappa shape index (κ2) is 13.5. The summed E-state index contributed by atoms with van der Waals surface area (Å²) >= 11 is 0. The molecule has 0 aromatic rings. The van der Waals surface area contributed by atoms with Gasteiger partial charge in [-0.25, -0.2) is 0 Å². The molecular formula is C11H23NNaO+. The first-order chi connectivity index (χ1) is 6.35. The van der Waals surface area contributed by atoms with Crippen LogP contribution in [0.25, 0.3) is 0 Å². The van der Waals surface area contributed by atoms with Crippen molar-refractivity contribution in [1.29, 1.82) is 0 Å². The molecule has 3 heteroatoms. The molecule has 2 nitrogen and oxygen atoms in total. The van der Waals surface area contributed by atoms with Gasteiger partial charge in [-0.1, -0.05) is 44.7 Å². The average molecular weight is 208 g/mol. The van der Waals surface area contributed by atoms with Gasteiger partial charge < -0.3 is 5.21 Å². The maximum Gasteiger partial charge on any atom is 1.00 e. The van der Waals surface area contributed by atoms with Gasteiger partial charge in [-0.05, 0) is 25.7 Å². The Morgan fingerprint density at radius 3 is 1.64 bits per heavy atom. The van der Waals surface area contributed by atoms with Gasteiger partial charge in [-0.3, -0.25) is 0 Å². The molecule has 0 atom stereocenters. The predicted molar refractivity (Wildman–Crippen MR) is 57.5 cm³/mol. The van der Waals surface area contributed by atoms with Crippen molar-refractivity contribution in [3.8, 4) is 0 Å². The zero-order valence-corrected chi connectivity index (χ0v) is 12.1. The normalized spacial score (nSPS) is 9.29. The molecule has 0 bridgehead atoms. The number of hydrogen-bond acceptors (Lipinski definition) is 2. The number of unbranched alkanes of at least 4 members (excludes halogenated alkanes) is 4. The first-order valence-electron chi connectivity index (χ1n) is 5.54. The van der Waals surface area contributed by atoms with Crippen LogP contribution in [-0.2, 0) is 0 Å². The van der Waals surface area contributed by atoms with Gasteiger partial charge in [-0.15, -0.1) is 0 Å². The Morgan fingerprint density at radius 1 is 0.929 bits per heavy atom. The first kappa shape index (κ1) is 16.9. The van der Waals surface area contributed by atoms with E-state index >= 15 is 0 Å². The van der Waals surface area contributed by atoms with E-state index in [1.165, 1.54) is 38.5 Å². The number of nitrogens with zero attached hydrogens (tertiary/aromatic N) is 1. The van der Waals surface area contributed by atoms with Crippen LogP contribution < -0.4 is 29.6 Å². The maximum atomic E-state index is 8.71. The summed E-state index contributed by atoms with van der Waals surface area (Å²) < 4.78 is 0. The molecule has 0 heterocycles. The Kier molecular flexibility index (Phi) is 16.2. The third-order valence-corrected chi connectivity index (χ3v) is 2.28. The van der Waals surface area contributed by atoms with Gasteiger partial charge in [0.05, 0.1) is 5.71 Å². The molecule has 0 amide bonds. The van der Waals surface area contributed by atoms with Crippen LogP contribution >= 0.6 is 0 Å². The molecule has 0 aliphatic heterocycles. The summed E-state index contributed by atoms with van der Waals surface area (Å²) in [4.78, 5) is 0. The molecule has 0 aromatic carbocycles. The smallest absolute Gasteiger partial charge is 0.411 e. The number of oxime groups is 1. The Balaban J connectivity index is 0. The van der Waals surface area contributed by atoms with Gasteiger partial charge in [-0.2, -0.15) is 0 Å². The monoisotopic (exact) mass is 208 g/mol. The summed E-state index contributed by atoms with van der Waals surface area (Å²) in [7, 11) is 0. The van der Waals surface area contributed by atoms with Gasteiger partial charge in [0.25, 0.3) is 0 Å². The van der Waals surface area contributed by atoms with E-state index in [-0.39, 0.29) is 29.6 Å². The molecule has 14 heavy (non-hydrogen) atoms. The van der Waals surface area contributed by atoms with Crippen LogP contribution in [0.1, 0.15) is 65.2 Å². The van der Waals surface area contributed by atoms with Crippen molar-refractivity contribution in [3.05, 3.63) is 0 Å². The van der Waals surface area contributed by atoms with E-state index < -0.39 is 0 Å². The van der Waals surface area contributed by atoms with Crippen LogP contribution in [0.4, 0.5) is 0 Å². The van der Waals surface area contributed by atoms with Gasteiger partial charge in [0, 0.05) is 0 Å². The van der Waals surface area contributed by atoms with Crippen molar-refractivity contribution in [2.45, 2.75) is 65.2 Å². The van der Waals surface area contributed by atoms with E-state index in [4.69, 9.17) is 5.21 Å². The molecule has 0 aromatic heterocycles. The molecular weight excluding hydrogens is 185 g/mol. The quantitative estimate of drug-likeness (QED) is 0.208. The van der Waals surface area contributed by atoms with E-state index in [9.17, 15) is 0 Å². The molecule has 0 radical (unpaired) electrons. The summed E-state index contributed by atoms with van der Waals surface area (Å²) in [6.07, 6.45) is 9.24. The summed E-state index contributed by atoms with van der Waals surface area (Å²) in [6, 6.07) is 0. The van der Waals surface area contributed by atoms with E-state index in [0.717, 1.165) is 18.6 Å². The van der Waals surface area contributed by atoms with E-state index in [0.29, 0.717) is 0 Å². The third-order valence-electron chi connectivity index (χ3n) is 2.28. The Hall–Kier alpha value is 0.470. The minimum atomic E-state index is 0. The standard InChI is InChI=1S/C11H23NO.Na/c1-3-5-7-9-11(12-13)10-8-6-4-2;/h13H,3-10H2,1-2H3;/q;+1. The fourth-order valence-corrected chi connectivity index (χ4v) is 1.38. The van der Waals surface area contributed by atoms with E-state index in [2.05, 4.69) is 19.0 Å². The molecule has 0 saturated heterocycles. The molecule has 0 rings (SSSR count). The van der Waals surface area contributed by atoms with Crippen molar-refractivity contribution in [1.82, 2.24) is 0 Å². The van der Waals surface area contributed by atoms with Gasteiger partial charge in [0.2, 0.25) is 0 Å². The van der Waals surface area contributed by atoms with Gasteiger partial charge >= 0.3 is 29.6 Å². The largest absolute Gasteiger partial charge is 1.00 e. The van der Waals surface area contributed by atoms with Crippen LogP contribution in [0.3, 0.4) is 0 Å². The van der Waals surface area contributed by atoms with Crippen molar-refractivity contribution < 1.29 is 34.8 Å². The molecule has 0 fully saturated rings. The Labute approximate surface area is 110 Å². The van der Waals surface area contributed by atoms with Crippen LogP contribution in [0.15, 0.2) is 5.16 Å². The van der Waals surface area contributed by atoms with E-state index in [1.807, 2.05) is 0 Å². The zero-order valence-electron chi connectivity index (χ0n) is 10.1. The summed E-state index contributed by atoms with van der Waals surface area (Å²) in [5.41, 5.74) is 0.988. The van der Waals surface area contributed by atoms with E-state index in [1.54, 1.807) is 0 Å². The summed E-state index contributed by atoms with van der Waals surface area (Å²) in [5.74, 6) is 0. The number of hydrogen-bond donors (Lipinski definition) is 1. The Morgan fingerprint density at radius 2 is 1.36 bits per heavy atom. The minimum Gasteiger partial charge on any atom is -0.411 e. The van der Waals surface area contributed by atoms with Crippen LogP contribution in [-0.4, -0.2) is 10.9 Å². The molecule has 0 saturated carbocycles. The topological polar surface area (TPSA) is 32.6 Å². The second-order valence-electron chi connectivity index (χ2n) is 3.58. The predicted octanol–water partition coefficient (Wildman–Crippen LogP) is 0.981. The van der Waals surface area contributed by atoms with Crippen molar-refractivity contribution in [2.75, 3.05) is 0 Å². The fraction of sp³-hybridized carbons (Fsp3) is 0.909. The molecule has 0 aliphatic carbocycles. The molecule has 78 valence electrons. The fourth-order valence-electron chi connectivity index (χ4n) is 1.38. The maximum absolute atomic E-state index is 8.71.